The van der Waals surface area contributed by atoms with Crippen LogP contribution in [-0.2, 0) is 21.3 Å². The molecule has 0 aliphatic heterocycles. The van der Waals surface area contributed by atoms with Crippen LogP contribution in [0.15, 0.2) is 12.4 Å². The smallest absolute Gasteiger partial charge is 0.218 e. The van der Waals surface area contributed by atoms with E-state index in [1.807, 2.05) is 0 Å². The molecule has 0 radical (unpaired) electrons. The standard InChI is InChI=1S/C12H18N2O4/c1-4-17-12(18-5-2)11(16)6-10(15)9-7-13-14(3)8-9/h7-8,12H,4-6H2,1-3H3. The predicted octanol–water partition coefficient (Wildman–Crippen LogP) is 0.961. The molecule has 100 valence electrons. The Hall–Kier alpha value is -1.53. The minimum Gasteiger partial charge on any atom is -0.346 e. The highest BCUT2D eigenvalue weighted by atomic mass is 16.7. The third kappa shape index (κ3) is 4.05. The van der Waals surface area contributed by atoms with E-state index in [4.69, 9.17) is 9.47 Å². The summed E-state index contributed by atoms with van der Waals surface area (Å²) < 4.78 is 11.8. The first kappa shape index (κ1) is 14.5. The summed E-state index contributed by atoms with van der Waals surface area (Å²) in [5.74, 6) is -0.648. The number of rotatable bonds is 8. The van der Waals surface area contributed by atoms with Gasteiger partial charge in [-0.2, -0.15) is 5.10 Å². The highest BCUT2D eigenvalue weighted by Crippen LogP contribution is 2.06. The monoisotopic (exact) mass is 254 g/mol. The van der Waals surface area contributed by atoms with E-state index in [1.54, 1.807) is 27.1 Å². The Labute approximate surface area is 106 Å². The Morgan fingerprint density at radius 3 is 2.39 bits per heavy atom. The van der Waals surface area contributed by atoms with Crippen LogP contribution in [0.5, 0.6) is 0 Å². The van der Waals surface area contributed by atoms with Crippen molar-refractivity contribution in [3.63, 3.8) is 0 Å². The van der Waals surface area contributed by atoms with Gasteiger partial charge in [-0.25, -0.2) is 0 Å². The highest BCUT2D eigenvalue weighted by Gasteiger charge is 2.22. The molecule has 0 aliphatic carbocycles. The maximum absolute atomic E-state index is 11.8. The average Bonchev–Trinajstić information content (AvgIpc) is 2.75. The number of aromatic nitrogens is 2. The first-order valence-electron chi connectivity index (χ1n) is 5.86. The molecule has 0 saturated heterocycles. The van der Waals surface area contributed by atoms with Crippen molar-refractivity contribution in [2.45, 2.75) is 26.6 Å². The van der Waals surface area contributed by atoms with Gasteiger partial charge in [0, 0.05) is 26.5 Å². The molecule has 0 spiro atoms. The van der Waals surface area contributed by atoms with Crippen molar-refractivity contribution < 1.29 is 19.1 Å². The maximum Gasteiger partial charge on any atom is 0.218 e. The van der Waals surface area contributed by atoms with Gasteiger partial charge in [0.05, 0.1) is 18.2 Å². The molecule has 0 fully saturated rings. The van der Waals surface area contributed by atoms with Crippen molar-refractivity contribution in [3.8, 4) is 0 Å². The van der Waals surface area contributed by atoms with Gasteiger partial charge in [0.25, 0.3) is 0 Å². The summed E-state index contributed by atoms with van der Waals surface area (Å²) in [5, 5.41) is 3.88. The predicted molar refractivity (Wildman–Crippen MR) is 64.2 cm³/mol. The second-order valence-electron chi connectivity index (χ2n) is 3.71. The molecule has 0 aliphatic rings. The number of ketones is 2. The topological polar surface area (TPSA) is 70.4 Å². The second kappa shape index (κ2) is 7.03. The van der Waals surface area contributed by atoms with E-state index in [-0.39, 0.29) is 18.0 Å². The number of hydrogen-bond donors (Lipinski definition) is 0. The second-order valence-corrected chi connectivity index (χ2v) is 3.71. The van der Waals surface area contributed by atoms with Gasteiger partial charge in [-0.05, 0) is 13.8 Å². The van der Waals surface area contributed by atoms with Crippen LogP contribution >= 0.6 is 0 Å². The molecule has 1 aromatic rings. The molecular weight excluding hydrogens is 236 g/mol. The van der Waals surface area contributed by atoms with E-state index in [2.05, 4.69) is 5.10 Å². The fourth-order valence-corrected chi connectivity index (χ4v) is 1.45. The van der Waals surface area contributed by atoms with Gasteiger partial charge >= 0.3 is 0 Å². The number of Topliss-reactive ketones (excluding diaryl/α,β-unsaturated/α-hetero) is 2. The molecule has 0 N–H and O–H groups in total. The molecule has 18 heavy (non-hydrogen) atoms. The number of carbonyl (C=O) groups excluding carboxylic acids is 2. The number of aryl methyl sites for hydroxylation is 1. The number of nitrogens with zero attached hydrogens (tertiary/aromatic N) is 2. The summed E-state index contributed by atoms with van der Waals surface area (Å²) in [6.45, 7) is 4.25. The molecule has 0 aromatic carbocycles. The summed E-state index contributed by atoms with van der Waals surface area (Å²) in [4.78, 5) is 23.6. The number of carbonyl (C=O) groups is 2. The largest absolute Gasteiger partial charge is 0.346 e. The van der Waals surface area contributed by atoms with Crippen molar-refractivity contribution in [3.05, 3.63) is 18.0 Å². The molecule has 6 nitrogen and oxygen atoms in total. The van der Waals surface area contributed by atoms with Gasteiger partial charge in [0.1, 0.15) is 0 Å². The van der Waals surface area contributed by atoms with E-state index in [0.29, 0.717) is 18.8 Å². The molecule has 0 saturated carbocycles. The van der Waals surface area contributed by atoms with Gasteiger partial charge in [0.15, 0.2) is 11.6 Å². The fourth-order valence-electron chi connectivity index (χ4n) is 1.45. The summed E-state index contributed by atoms with van der Waals surface area (Å²) in [5.41, 5.74) is 0.414. The molecule has 1 rings (SSSR count). The zero-order valence-electron chi connectivity index (χ0n) is 10.9. The van der Waals surface area contributed by atoms with Crippen molar-refractivity contribution >= 4 is 11.6 Å². The minimum absolute atomic E-state index is 0.240. The maximum atomic E-state index is 11.8. The fraction of sp³-hybridized carbons (Fsp3) is 0.583. The SMILES string of the molecule is CCOC(OCC)C(=O)CC(=O)c1cnn(C)c1. The van der Waals surface area contributed by atoms with Gasteiger partial charge in [-0.15, -0.1) is 0 Å². The van der Waals surface area contributed by atoms with E-state index in [0.717, 1.165) is 0 Å². The molecule has 1 aromatic heterocycles. The summed E-state index contributed by atoms with van der Waals surface area (Å²) in [6, 6.07) is 0. The van der Waals surface area contributed by atoms with Crippen LogP contribution in [0.1, 0.15) is 30.6 Å². The Kier molecular flexibility index (Phi) is 5.67. The Bertz CT molecular complexity index is 408. The Morgan fingerprint density at radius 2 is 1.94 bits per heavy atom. The lowest BCUT2D eigenvalue weighted by atomic mass is 10.1. The zero-order valence-corrected chi connectivity index (χ0v) is 10.9. The average molecular weight is 254 g/mol. The lowest BCUT2D eigenvalue weighted by Crippen LogP contribution is -2.29. The van der Waals surface area contributed by atoms with Gasteiger partial charge in [0.2, 0.25) is 6.29 Å². The van der Waals surface area contributed by atoms with E-state index < -0.39 is 6.29 Å². The van der Waals surface area contributed by atoms with E-state index in [1.165, 1.54) is 10.9 Å². The van der Waals surface area contributed by atoms with Crippen LogP contribution in [0.3, 0.4) is 0 Å². The summed E-state index contributed by atoms with van der Waals surface area (Å²) in [7, 11) is 1.71. The Balaban J connectivity index is 2.59. The summed E-state index contributed by atoms with van der Waals surface area (Å²) >= 11 is 0. The van der Waals surface area contributed by atoms with Gasteiger partial charge < -0.3 is 9.47 Å². The van der Waals surface area contributed by atoms with Crippen LogP contribution in [0.2, 0.25) is 0 Å². The van der Waals surface area contributed by atoms with Crippen LogP contribution in [0.4, 0.5) is 0 Å². The highest BCUT2D eigenvalue weighted by molar-refractivity contribution is 6.08. The Morgan fingerprint density at radius 1 is 1.33 bits per heavy atom. The van der Waals surface area contributed by atoms with Crippen LogP contribution in [0, 0.1) is 0 Å². The molecule has 0 unspecified atom stereocenters. The molecule has 1 heterocycles. The van der Waals surface area contributed by atoms with Crippen LogP contribution < -0.4 is 0 Å². The lowest BCUT2D eigenvalue weighted by Gasteiger charge is -2.14. The first-order chi connectivity index (χ1) is 8.58. The minimum atomic E-state index is -0.958. The van der Waals surface area contributed by atoms with Crippen LogP contribution in [-0.4, -0.2) is 40.9 Å². The zero-order chi connectivity index (χ0) is 13.5. The van der Waals surface area contributed by atoms with E-state index in [9.17, 15) is 9.59 Å². The lowest BCUT2D eigenvalue weighted by molar-refractivity contribution is -0.166. The third-order valence-electron chi connectivity index (χ3n) is 2.26. The molecular formula is C12H18N2O4. The first-order valence-corrected chi connectivity index (χ1v) is 5.86. The normalized spacial score (nSPS) is 10.9. The van der Waals surface area contributed by atoms with Crippen molar-refractivity contribution in [1.29, 1.82) is 0 Å². The van der Waals surface area contributed by atoms with Gasteiger partial charge in [-0.1, -0.05) is 0 Å². The third-order valence-corrected chi connectivity index (χ3v) is 2.26. The molecule has 0 bridgehead atoms. The van der Waals surface area contributed by atoms with Crippen molar-refractivity contribution in [2.24, 2.45) is 7.05 Å². The van der Waals surface area contributed by atoms with Gasteiger partial charge in [-0.3, -0.25) is 14.3 Å². The number of ether oxygens (including phenoxy) is 2. The molecule has 0 atom stereocenters. The van der Waals surface area contributed by atoms with Crippen molar-refractivity contribution in [2.75, 3.05) is 13.2 Å². The quantitative estimate of drug-likeness (QED) is 0.392. The van der Waals surface area contributed by atoms with Crippen LogP contribution in [0.25, 0.3) is 0 Å². The number of hydrogen-bond acceptors (Lipinski definition) is 5. The van der Waals surface area contributed by atoms with Crippen molar-refractivity contribution in [1.82, 2.24) is 9.78 Å². The molecule has 6 heteroatoms. The molecule has 0 amide bonds. The summed E-state index contributed by atoms with van der Waals surface area (Å²) in [6.07, 6.45) is 1.81. The van der Waals surface area contributed by atoms with E-state index >= 15 is 0 Å².